The fourth-order valence-corrected chi connectivity index (χ4v) is 3.52. The third-order valence-electron chi connectivity index (χ3n) is 2.58. The molecule has 2 aromatic rings. The van der Waals surface area contributed by atoms with E-state index in [9.17, 15) is 17.6 Å². The number of nitrogens with one attached hydrogen (secondary N) is 1. The standard InChI is InChI=1S/C13H13FN2O4S2/c1-20-7-13-15-9(8-21-13)6-12(17)16-22(18,19)11-5-3-2-4-10(11)14/h2-5,8H,6-7H2,1H3,(H,16,17). The molecule has 0 unspecified atom stereocenters. The summed E-state index contributed by atoms with van der Waals surface area (Å²) in [5.74, 6) is -1.70. The summed E-state index contributed by atoms with van der Waals surface area (Å²) in [7, 11) is -2.71. The van der Waals surface area contributed by atoms with Gasteiger partial charge in [-0.15, -0.1) is 11.3 Å². The van der Waals surface area contributed by atoms with Crippen molar-refractivity contribution in [2.75, 3.05) is 7.11 Å². The lowest BCUT2D eigenvalue weighted by atomic mass is 10.3. The highest BCUT2D eigenvalue weighted by molar-refractivity contribution is 7.90. The summed E-state index contributed by atoms with van der Waals surface area (Å²) in [4.78, 5) is 15.4. The van der Waals surface area contributed by atoms with E-state index >= 15 is 0 Å². The molecule has 1 amide bonds. The van der Waals surface area contributed by atoms with Gasteiger partial charge in [0.2, 0.25) is 5.91 Å². The van der Waals surface area contributed by atoms with Crippen LogP contribution < -0.4 is 4.72 Å². The smallest absolute Gasteiger partial charge is 0.266 e. The first-order valence-corrected chi connectivity index (χ1v) is 8.51. The molecule has 0 aliphatic rings. The van der Waals surface area contributed by atoms with Crippen molar-refractivity contribution in [2.24, 2.45) is 0 Å². The number of benzene rings is 1. The molecule has 0 fully saturated rings. The number of hydrogen-bond acceptors (Lipinski definition) is 6. The minimum absolute atomic E-state index is 0.214. The van der Waals surface area contributed by atoms with Crippen molar-refractivity contribution in [3.8, 4) is 0 Å². The number of halogens is 1. The Bertz CT molecular complexity index is 774. The average molecular weight is 344 g/mol. The number of rotatable bonds is 6. The Morgan fingerprint density at radius 1 is 1.41 bits per heavy atom. The van der Waals surface area contributed by atoms with Crippen LogP contribution in [0, 0.1) is 5.82 Å². The van der Waals surface area contributed by atoms with E-state index in [-0.39, 0.29) is 6.42 Å². The van der Waals surface area contributed by atoms with Gasteiger partial charge in [-0.05, 0) is 12.1 Å². The Balaban J connectivity index is 2.06. The fourth-order valence-electron chi connectivity index (χ4n) is 1.69. The summed E-state index contributed by atoms with van der Waals surface area (Å²) >= 11 is 1.31. The van der Waals surface area contributed by atoms with Crippen molar-refractivity contribution in [1.29, 1.82) is 0 Å². The van der Waals surface area contributed by atoms with Gasteiger partial charge in [-0.2, -0.15) is 0 Å². The van der Waals surface area contributed by atoms with Gasteiger partial charge >= 0.3 is 0 Å². The van der Waals surface area contributed by atoms with Gasteiger partial charge in [0.1, 0.15) is 15.7 Å². The topological polar surface area (TPSA) is 85.4 Å². The molecule has 0 saturated carbocycles. The first-order valence-electron chi connectivity index (χ1n) is 6.15. The molecule has 0 atom stereocenters. The van der Waals surface area contributed by atoms with Gasteiger partial charge in [0, 0.05) is 12.5 Å². The summed E-state index contributed by atoms with van der Waals surface area (Å²) in [5.41, 5.74) is 0.429. The highest BCUT2D eigenvalue weighted by Gasteiger charge is 2.21. The lowest BCUT2D eigenvalue weighted by Gasteiger charge is -2.06. The van der Waals surface area contributed by atoms with E-state index in [4.69, 9.17) is 4.74 Å². The second kappa shape index (κ2) is 6.95. The van der Waals surface area contributed by atoms with E-state index in [2.05, 4.69) is 4.98 Å². The van der Waals surface area contributed by atoms with Crippen molar-refractivity contribution in [1.82, 2.24) is 9.71 Å². The van der Waals surface area contributed by atoms with Gasteiger partial charge in [-0.25, -0.2) is 22.5 Å². The van der Waals surface area contributed by atoms with Gasteiger partial charge in [0.15, 0.2) is 0 Å². The van der Waals surface area contributed by atoms with E-state index in [1.165, 1.54) is 30.6 Å². The highest BCUT2D eigenvalue weighted by Crippen LogP contribution is 2.14. The number of methoxy groups -OCH3 is 1. The fraction of sp³-hybridized carbons (Fsp3) is 0.231. The second-order valence-electron chi connectivity index (χ2n) is 4.30. The van der Waals surface area contributed by atoms with Crippen LogP contribution in [0.4, 0.5) is 4.39 Å². The molecule has 1 N–H and O–H groups in total. The third kappa shape index (κ3) is 4.09. The average Bonchev–Trinajstić information content (AvgIpc) is 2.86. The van der Waals surface area contributed by atoms with E-state index < -0.39 is 26.6 Å². The second-order valence-corrected chi connectivity index (χ2v) is 6.89. The van der Waals surface area contributed by atoms with Crippen LogP contribution in [0.5, 0.6) is 0 Å². The summed E-state index contributed by atoms with van der Waals surface area (Å²) in [6.45, 7) is 0.319. The monoisotopic (exact) mass is 344 g/mol. The maximum Gasteiger partial charge on any atom is 0.266 e. The maximum atomic E-state index is 13.5. The van der Waals surface area contributed by atoms with Gasteiger partial charge in [-0.3, -0.25) is 4.79 Å². The zero-order chi connectivity index (χ0) is 16.2. The van der Waals surface area contributed by atoms with Gasteiger partial charge in [0.25, 0.3) is 10.0 Å². The van der Waals surface area contributed by atoms with E-state index in [0.29, 0.717) is 17.3 Å². The van der Waals surface area contributed by atoms with Gasteiger partial charge < -0.3 is 4.74 Å². The summed E-state index contributed by atoms with van der Waals surface area (Å²) in [5, 5.41) is 2.33. The molecule has 0 bridgehead atoms. The zero-order valence-corrected chi connectivity index (χ0v) is 13.2. The minimum atomic E-state index is -4.24. The SMILES string of the molecule is COCc1nc(CC(=O)NS(=O)(=O)c2ccccc2F)cs1. The summed E-state index contributed by atoms with van der Waals surface area (Å²) in [6.07, 6.45) is -0.214. The first kappa shape index (κ1) is 16.5. The Morgan fingerprint density at radius 2 is 2.14 bits per heavy atom. The van der Waals surface area contributed by atoms with E-state index in [1.54, 1.807) is 5.38 Å². The van der Waals surface area contributed by atoms with Crippen molar-refractivity contribution in [3.05, 3.63) is 46.2 Å². The van der Waals surface area contributed by atoms with Crippen LogP contribution in [0.1, 0.15) is 10.7 Å². The molecule has 9 heteroatoms. The zero-order valence-electron chi connectivity index (χ0n) is 11.6. The highest BCUT2D eigenvalue weighted by atomic mass is 32.2. The minimum Gasteiger partial charge on any atom is -0.378 e. The molecule has 0 aliphatic heterocycles. The predicted octanol–water partition coefficient (Wildman–Crippen LogP) is 1.48. The number of carbonyl (C=O) groups excluding carboxylic acids is 1. The van der Waals surface area contributed by atoms with Crippen LogP contribution in [-0.4, -0.2) is 26.4 Å². The molecule has 2 rings (SSSR count). The molecule has 22 heavy (non-hydrogen) atoms. The summed E-state index contributed by atoms with van der Waals surface area (Å²) in [6, 6.07) is 4.84. The number of thiazole rings is 1. The lowest BCUT2D eigenvalue weighted by Crippen LogP contribution is -2.32. The Hall–Kier alpha value is -1.84. The number of hydrogen-bond donors (Lipinski definition) is 1. The molecule has 0 saturated heterocycles. The Labute approximate surface area is 131 Å². The van der Waals surface area contributed by atoms with Gasteiger partial charge in [-0.1, -0.05) is 12.1 Å². The molecular formula is C13H13FN2O4S2. The Morgan fingerprint density at radius 3 is 2.82 bits per heavy atom. The number of aromatic nitrogens is 1. The molecule has 1 aromatic carbocycles. The maximum absolute atomic E-state index is 13.5. The van der Waals surface area contributed by atoms with Crippen LogP contribution in [0.25, 0.3) is 0 Å². The Kier molecular flexibility index (Phi) is 5.22. The molecule has 1 heterocycles. The molecule has 0 radical (unpaired) electrons. The molecule has 6 nitrogen and oxygen atoms in total. The van der Waals surface area contributed by atoms with Crippen molar-refractivity contribution < 1.29 is 22.3 Å². The number of ether oxygens (including phenoxy) is 1. The number of amides is 1. The van der Waals surface area contributed by atoms with Crippen LogP contribution >= 0.6 is 11.3 Å². The predicted molar refractivity (Wildman–Crippen MR) is 78.3 cm³/mol. The van der Waals surface area contributed by atoms with Crippen LogP contribution in [0.3, 0.4) is 0 Å². The third-order valence-corrected chi connectivity index (χ3v) is 4.86. The van der Waals surface area contributed by atoms with Crippen LogP contribution in [0.2, 0.25) is 0 Å². The van der Waals surface area contributed by atoms with Crippen molar-refractivity contribution in [2.45, 2.75) is 17.9 Å². The van der Waals surface area contributed by atoms with E-state index in [1.807, 2.05) is 4.72 Å². The molecule has 1 aromatic heterocycles. The van der Waals surface area contributed by atoms with Crippen molar-refractivity contribution >= 4 is 27.3 Å². The van der Waals surface area contributed by atoms with E-state index in [0.717, 1.165) is 12.1 Å². The lowest BCUT2D eigenvalue weighted by molar-refractivity contribution is -0.118. The van der Waals surface area contributed by atoms with Crippen LogP contribution in [-0.2, 0) is 32.6 Å². The van der Waals surface area contributed by atoms with Crippen molar-refractivity contribution in [3.63, 3.8) is 0 Å². The number of sulfonamides is 1. The number of nitrogens with zero attached hydrogens (tertiary/aromatic N) is 1. The normalized spacial score (nSPS) is 11.4. The quantitative estimate of drug-likeness (QED) is 0.858. The van der Waals surface area contributed by atoms with Gasteiger partial charge in [0.05, 0.1) is 18.7 Å². The molecule has 0 aliphatic carbocycles. The molecule has 118 valence electrons. The molecule has 0 spiro atoms. The number of carbonyl (C=O) groups is 1. The summed E-state index contributed by atoms with van der Waals surface area (Å²) < 4.78 is 44.1. The largest absolute Gasteiger partial charge is 0.378 e. The van der Waals surface area contributed by atoms with Crippen LogP contribution in [0.15, 0.2) is 34.5 Å². The first-order chi connectivity index (χ1) is 10.4. The molecular weight excluding hydrogens is 331 g/mol.